The third kappa shape index (κ3) is 3.44. The number of ether oxygens (including phenoxy) is 2. The normalized spacial score (nSPS) is 24.4. The summed E-state index contributed by atoms with van der Waals surface area (Å²) >= 11 is 18.3. The van der Waals surface area contributed by atoms with Crippen LogP contribution in [0.2, 0.25) is 10.0 Å². The van der Waals surface area contributed by atoms with Crippen LogP contribution in [-0.4, -0.2) is 18.3 Å². The first kappa shape index (κ1) is 15.7. The van der Waals surface area contributed by atoms with Crippen LogP contribution in [0.25, 0.3) is 0 Å². The molecule has 1 saturated heterocycles. The monoisotopic (exact) mass is 348 g/mol. The molecular formula is C16H19Cl3O2. The summed E-state index contributed by atoms with van der Waals surface area (Å²) in [4.78, 5) is 0. The topological polar surface area (TPSA) is 18.5 Å². The molecule has 0 aromatic heterocycles. The molecule has 3 rings (SSSR count). The fourth-order valence-electron chi connectivity index (χ4n) is 3.46. The summed E-state index contributed by atoms with van der Waals surface area (Å²) < 4.78 is 12.2. The lowest BCUT2D eigenvalue weighted by atomic mass is 9.90. The van der Waals surface area contributed by atoms with E-state index in [0.29, 0.717) is 21.7 Å². The van der Waals surface area contributed by atoms with E-state index in [0.717, 1.165) is 37.9 Å². The fourth-order valence-corrected chi connectivity index (χ4v) is 4.24. The highest BCUT2D eigenvalue weighted by Crippen LogP contribution is 2.42. The van der Waals surface area contributed by atoms with Crippen molar-refractivity contribution in [3.8, 4) is 5.75 Å². The number of hydrogen-bond donors (Lipinski definition) is 0. The lowest BCUT2D eigenvalue weighted by Gasteiger charge is -2.38. The van der Waals surface area contributed by atoms with E-state index >= 15 is 0 Å². The standard InChI is InChI=1S/C16H19Cl3O2/c17-10-11-7-12(18)8-14(19)15(11)21-13-3-6-20-16(9-13)4-1-2-5-16/h7-8,13H,1-6,9-10H2. The van der Waals surface area contributed by atoms with E-state index in [4.69, 9.17) is 44.3 Å². The number of halogens is 3. The maximum Gasteiger partial charge on any atom is 0.142 e. The molecule has 2 fully saturated rings. The molecule has 1 aromatic carbocycles. The fraction of sp³-hybridized carbons (Fsp3) is 0.625. The molecule has 1 atom stereocenters. The first-order chi connectivity index (χ1) is 10.1. The molecule has 116 valence electrons. The summed E-state index contributed by atoms with van der Waals surface area (Å²) in [5.41, 5.74) is 0.879. The molecular weight excluding hydrogens is 331 g/mol. The molecule has 1 unspecified atom stereocenters. The molecule has 0 amide bonds. The van der Waals surface area contributed by atoms with Gasteiger partial charge in [0.1, 0.15) is 11.9 Å². The van der Waals surface area contributed by atoms with Crippen LogP contribution in [0.4, 0.5) is 0 Å². The maximum atomic E-state index is 6.28. The summed E-state index contributed by atoms with van der Waals surface area (Å²) in [6, 6.07) is 3.53. The van der Waals surface area contributed by atoms with Gasteiger partial charge >= 0.3 is 0 Å². The average molecular weight is 350 g/mol. The predicted octanol–water partition coefficient (Wildman–Crippen LogP) is 5.60. The van der Waals surface area contributed by atoms with Crippen molar-refractivity contribution in [1.29, 1.82) is 0 Å². The second-order valence-electron chi connectivity index (χ2n) is 5.98. The first-order valence-electron chi connectivity index (χ1n) is 7.46. The van der Waals surface area contributed by atoms with Gasteiger partial charge in [0.25, 0.3) is 0 Å². The Kier molecular flexibility index (Phi) is 4.90. The Hall–Kier alpha value is -0.150. The lowest BCUT2D eigenvalue weighted by molar-refractivity contribution is -0.108. The Bertz CT molecular complexity index is 512. The molecule has 1 saturated carbocycles. The summed E-state index contributed by atoms with van der Waals surface area (Å²) in [6.07, 6.45) is 6.75. The molecule has 0 radical (unpaired) electrons. The minimum atomic E-state index is 0.0307. The first-order valence-corrected chi connectivity index (χ1v) is 8.75. The molecule has 5 heteroatoms. The quantitative estimate of drug-likeness (QED) is 0.661. The van der Waals surface area contributed by atoms with Crippen LogP contribution in [-0.2, 0) is 10.6 Å². The Morgan fingerprint density at radius 1 is 1.24 bits per heavy atom. The summed E-state index contributed by atoms with van der Waals surface area (Å²) in [6.45, 7) is 0.756. The zero-order valence-electron chi connectivity index (χ0n) is 11.8. The van der Waals surface area contributed by atoms with Crippen molar-refractivity contribution >= 4 is 34.8 Å². The van der Waals surface area contributed by atoms with Crippen LogP contribution in [0, 0.1) is 0 Å². The minimum absolute atomic E-state index is 0.0307. The van der Waals surface area contributed by atoms with Gasteiger partial charge < -0.3 is 9.47 Å². The number of alkyl halides is 1. The molecule has 21 heavy (non-hydrogen) atoms. The van der Waals surface area contributed by atoms with Gasteiger partial charge in [0.15, 0.2) is 0 Å². The lowest BCUT2D eigenvalue weighted by Crippen LogP contribution is -2.41. The van der Waals surface area contributed by atoms with E-state index < -0.39 is 0 Å². The molecule has 1 heterocycles. The van der Waals surface area contributed by atoms with Crippen LogP contribution >= 0.6 is 34.8 Å². The zero-order chi connectivity index (χ0) is 14.9. The summed E-state index contributed by atoms with van der Waals surface area (Å²) in [5, 5.41) is 1.12. The number of hydrogen-bond acceptors (Lipinski definition) is 2. The second kappa shape index (κ2) is 6.54. The van der Waals surface area contributed by atoms with E-state index in [-0.39, 0.29) is 11.7 Å². The molecule has 0 bridgehead atoms. The second-order valence-corrected chi connectivity index (χ2v) is 7.09. The molecule has 2 aliphatic rings. The highest BCUT2D eigenvalue weighted by molar-refractivity contribution is 6.36. The van der Waals surface area contributed by atoms with Crippen molar-refractivity contribution in [3.63, 3.8) is 0 Å². The third-order valence-corrected chi connectivity index (χ3v) is 5.26. The zero-order valence-corrected chi connectivity index (χ0v) is 14.1. The molecule has 1 spiro atoms. The molecule has 2 nitrogen and oxygen atoms in total. The Labute approximate surface area is 140 Å². The average Bonchev–Trinajstić information content (AvgIpc) is 2.89. The molecule has 1 aliphatic heterocycles. The molecule has 1 aliphatic carbocycles. The number of benzene rings is 1. The van der Waals surface area contributed by atoms with Gasteiger partial charge in [-0.1, -0.05) is 36.0 Å². The SMILES string of the molecule is ClCc1cc(Cl)cc(Cl)c1OC1CCOC2(CCCC2)C1. The summed E-state index contributed by atoms with van der Waals surface area (Å²) in [5.74, 6) is 1.01. The van der Waals surface area contributed by atoms with Crippen LogP contribution < -0.4 is 4.74 Å². The van der Waals surface area contributed by atoms with Crippen molar-refractivity contribution in [2.24, 2.45) is 0 Å². The van der Waals surface area contributed by atoms with Gasteiger partial charge in [-0.15, -0.1) is 11.6 Å². The van der Waals surface area contributed by atoms with E-state index in [9.17, 15) is 0 Å². The van der Waals surface area contributed by atoms with E-state index in [1.165, 1.54) is 12.8 Å². The molecule has 1 aromatic rings. The smallest absolute Gasteiger partial charge is 0.142 e. The number of rotatable bonds is 3. The van der Waals surface area contributed by atoms with Crippen LogP contribution in [0.5, 0.6) is 5.75 Å². The Morgan fingerprint density at radius 2 is 2.00 bits per heavy atom. The van der Waals surface area contributed by atoms with Crippen molar-refractivity contribution in [2.75, 3.05) is 6.61 Å². The highest BCUT2D eigenvalue weighted by atomic mass is 35.5. The van der Waals surface area contributed by atoms with E-state index in [1.807, 2.05) is 6.07 Å². The third-order valence-electron chi connectivity index (χ3n) is 4.48. The maximum absolute atomic E-state index is 6.28. The summed E-state index contributed by atoms with van der Waals surface area (Å²) in [7, 11) is 0. The van der Waals surface area contributed by atoms with Gasteiger partial charge in [-0.25, -0.2) is 0 Å². The van der Waals surface area contributed by atoms with Crippen molar-refractivity contribution in [3.05, 3.63) is 27.7 Å². The predicted molar refractivity (Wildman–Crippen MR) is 86.8 cm³/mol. The Morgan fingerprint density at radius 3 is 2.71 bits per heavy atom. The Balaban J connectivity index is 1.77. The minimum Gasteiger partial charge on any atom is -0.488 e. The van der Waals surface area contributed by atoms with Gasteiger partial charge in [0.05, 0.1) is 23.1 Å². The van der Waals surface area contributed by atoms with Crippen molar-refractivity contribution in [1.82, 2.24) is 0 Å². The van der Waals surface area contributed by atoms with Gasteiger partial charge in [-0.05, 0) is 25.0 Å². The van der Waals surface area contributed by atoms with Gasteiger partial charge in [-0.3, -0.25) is 0 Å². The van der Waals surface area contributed by atoms with Crippen LogP contribution in [0.3, 0.4) is 0 Å². The van der Waals surface area contributed by atoms with Gasteiger partial charge in [0.2, 0.25) is 0 Å². The van der Waals surface area contributed by atoms with Gasteiger partial charge in [-0.2, -0.15) is 0 Å². The molecule has 0 N–H and O–H groups in total. The van der Waals surface area contributed by atoms with Crippen LogP contribution in [0.15, 0.2) is 12.1 Å². The van der Waals surface area contributed by atoms with E-state index in [2.05, 4.69) is 0 Å². The highest BCUT2D eigenvalue weighted by Gasteiger charge is 2.40. The largest absolute Gasteiger partial charge is 0.488 e. The van der Waals surface area contributed by atoms with Crippen molar-refractivity contribution < 1.29 is 9.47 Å². The van der Waals surface area contributed by atoms with Crippen molar-refractivity contribution in [2.45, 2.75) is 56.1 Å². The van der Waals surface area contributed by atoms with Crippen LogP contribution in [0.1, 0.15) is 44.1 Å². The van der Waals surface area contributed by atoms with Gasteiger partial charge in [0, 0.05) is 23.4 Å². The van der Waals surface area contributed by atoms with E-state index in [1.54, 1.807) is 6.07 Å².